The van der Waals surface area contributed by atoms with Crippen molar-refractivity contribution in [2.75, 3.05) is 12.4 Å². The van der Waals surface area contributed by atoms with Crippen molar-refractivity contribution in [2.24, 2.45) is 0 Å². The van der Waals surface area contributed by atoms with Crippen LogP contribution in [-0.2, 0) is 6.54 Å². The number of aldehydes is 1. The molecule has 128 valence electrons. The first-order valence-corrected chi connectivity index (χ1v) is 7.99. The van der Waals surface area contributed by atoms with E-state index in [-0.39, 0.29) is 17.7 Å². The van der Waals surface area contributed by atoms with Crippen LogP contribution in [-0.4, -0.2) is 23.4 Å². The van der Waals surface area contributed by atoms with Crippen LogP contribution in [0.25, 0.3) is 11.0 Å². The molecule has 2 aromatic heterocycles. The first-order valence-electron chi connectivity index (χ1n) is 7.19. The molecule has 0 saturated heterocycles. The first kappa shape index (κ1) is 17.2. The normalized spacial score (nSPS) is 10.7. The van der Waals surface area contributed by atoms with E-state index >= 15 is 0 Å². The van der Waals surface area contributed by atoms with E-state index in [9.17, 15) is 13.6 Å². The fourth-order valence-corrected chi connectivity index (χ4v) is 2.80. The van der Waals surface area contributed by atoms with Gasteiger partial charge in [-0.25, -0.2) is 13.8 Å². The van der Waals surface area contributed by atoms with E-state index in [0.717, 1.165) is 0 Å². The lowest BCUT2D eigenvalue weighted by atomic mass is 10.1. The number of nitrogens with one attached hydrogen (secondary N) is 1. The lowest BCUT2D eigenvalue weighted by Gasteiger charge is -2.13. The molecule has 0 atom stereocenters. The second kappa shape index (κ2) is 7.10. The van der Waals surface area contributed by atoms with E-state index in [4.69, 9.17) is 4.74 Å². The maximum Gasteiger partial charge on any atom is 0.215 e. The van der Waals surface area contributed by atoms with Gasteiger partial charge in [-0.2, -0.15) is 4.98 Å². The Hall–Kier alpha value is -2.61. The van der Waals surface area contributed by atoms with Crippen molar-refractivity contribution >= 4 is 38.9 Å². The molecule has 3 rings (SSSR count). The molecular formula is C17H12BrF2N3O2. The van der Waals surface area contributed by atoms with Gasteiger partial charge in [0, 0.05) is 34.2 Å². The number of halogens is 3. The fraction of sp³-hybridized carbons (Fsp3) is 0.118. The summed E-state index contributed by atoms with van der Waals surface area (Å²) in [7, 11) is 1.48. The highest BCUT2D eigenvalue weighted by molar-refractivity contribution is 9.10. The summed E-state index contributed by atoms with van der Waals surface area (Å²) in [5.41, 5.74) is 0.880. The Labute approximate surface area is 150 Å². The molecule has 0 aliphatic carbocycles. The van der Waals surface area contributed by atoms with Crippen molar-refractivity contribution in [3.8, 4) is 5.88 Å². The molecule has 0 radical (unpaired) electrons. The fourth-order valence-electron chi connectivity index (χ4n) is 2.39. The van der Waals surface area contributed by atoms with Crippen molar-refractivity contribution in [1.82, 2.24) is 9.97 Å². The van der Waals surface area contributed by atoms with Gasteiger partial charge in [0.25, 0.3) is 0 Å². The number of rotatable bonds is 5. The monoisotopic (exact) mass is 407 g/mol. The molecule has 1 aromatic carbocycles. The summed E-state index contributed by atoms with van der Waals surface area (Å²) in [6.07, 6.45) is 1.96. The SMILES string of the molecule is COc1ccc2c(NCc3c(F)cc(Br)cc3F)c(C=O)cnc2n1. The number of hydrogen-bond donors (Lipinski definition) is 1. The third-order valence-electron chi connectivity index (χ3n) is 3.62. The van der Waals surface area contributed by atoms with E-state index in [2.05, 4.69) is 31.2 Å². The van der Waals surface area contributed by atoms with Crippen LogP contribution in [0.4, 0.5) is 14.5 Å². The molecule has 0 aliphatic heterocycles. The lowest BCUT2D eigenvalue weighted by Crippen LogP contribution is -2.08. The van der Waals surface area contributed by atoms with Crippen molar-refractivity contribution < 1.29 is 18.3 Å². The van der Waals surface area contributed by atoms with Crippen molar-refractivity contribution in [1.29, 1.82) is 0 Å². The summed E-state index contributed by atoms with van der Waals surface area (Å²) >= 11 is 3.04. The average molecular weight is 408 g/mol. The Morgan fingerprint density at radius 3 is 2.64 bits per heavy atom. The molecule has 3 aromatic rings. The zero-order chi connectivity index (χ0) is 18.0. The van der Waals surface area contributed by atoms with Crippen LogP contribution in [0.15, 0.2) is 34.9 Å². The summed E-state index contributed by atoms with van der Waals surface area (Å²) < 4.78 is 33.3. The minimum absolute atomic E-state index is 0.133. The molecule has 0 unspecified atom stereocenters. The number of nitrogens with zero attached hydrogens (tertiary/aromatic N) is 2. The molecule has 0 amide bonds. The lowest BCUT2D eigenvalue weighted by molar-refractivity contribution is 0.112. The third kappa shape index (κ3) is 3.43. The van der Waals surface area contributed by atoms with Crippen LogP contribution in [0.2, 0.25) is 0 Å². The number of pyridine rings is 2. The zero-order valence-electron chi connectivity index (χ0n) is 13.0. The van der Waals surface area contributed by atoms with Gasteiger partial charge < -0.3 is 10.1 Å². The van der Waals surface area contributed by atoms with Crippen LogP contribution in [0.3, 0.4) is 0 Å². The van der Waals surface area contributed by atoms with Crippen LogP contribution >= 0.6 is 15.9 Å². The van der Waals surface area contributed by atoms with Gasteiger partial charge in [0.1, 0.15) is 11.6 Å². The zero-order valence-corrected chi connectivity index (χ0v) is 14.6. The van der Waals surface area contributed by atoms with Gasteiger partial charge in [-0.15, -0.1) is 0 Å². The van der Waals surface area contributed by atoms with E-state index in [0.29, 0.717) is 33.4 Å². The Kier molecular flexibility index (Phi) is 4.89. The molecular weight excluding hydrogens is 396 g/mol. The Morgan fingerprint density at radius 1 is 1.28 bits per heavy atom. The summed E-state index contributed by atoms with van der Waals surface area (Å²) in [5, 5.41) is 3.46. The van der Waals surface area contributed by atoms with Crippen LogP contribution in [0, 0.1) is 11.6 Å². The van der Waals surface area contributed by atoms with Gasteiger partial charge in [0.2, 0.25) is 5.88 Å². The Balaban J connectivity index is 2.02. The predicted octanol–water partition coefficient (Wildman–Crippen LogP) is 4.10. The average Bonchev–Trinajstić information content (AvgIpc) is 2.60. The number of anilines is 1. The van der Waals surface area contributed by atoms with E-state index < -0.39 is 11.6 Å². The van der Waals surface area contributed by atoms with Gasteiger partial charge in [0.05, 0.1) is 18.4 Å². The number of hydrogen-bond acceptors (Lipinski definition) is 5. The number of methoxy groups -OCH3 is 1. The molecule has 0 fully saturated rings. The standard InChI is InChI=1S/C17H12BrF2N3O2/c1-25-15-3-2-11-16(9(8-24)6-22-17(11)23-15)21-7-12-13(19)4-10(18)5-14(12)20/h2-6,8H,7H2,1H3,(H,21,22,23). The largest absolute Gasteiger partial charge is 0.481 e. The number of benzene rings is 1. The highest BCUT2D eigenvalue weighted by atomic mass is 79.9. The maximum atomic E-state index is 14.0. The molecule has 2 heterocycles. The third-order valence-corrected chi connectivity index (χ3v) is 4.08. The predicted molar refractivity (Wildman–Crippen MR) is 92.9 cm³/mol. The summed E-state index contributed by atoms with van der Waals surface area (Å²) in [6.45, 7) is -0.142. The second-order valence-corrected chi connectivity index (χ2v) is 6.05. The molecule has 1 N–H and O–H groups in total. The second-order valence-electron chi connectivity index (χ2n) is 5.13. The van der Waals surface area contributed by atoms with E-state index in [1.807, 2.05) is 0 Å². The number of ether oxygens (including phenoxy) is 1. The quantitative estimate of drug-likeness (QED) is 0.644. The van der Waals surface area contributed by atoms with E-state index in [1.54, 1.807) is 12.1 Å². The number of fused-ring (bicyclic) bond motifs is 1. The molecule has 0 aliphatic rings. The highest BCUT2D eigenvalue weighted by Gasteiger charge is 2.14. The summed E-state index contributed by atoms with van der Waals surface area (Å²) in [6, 6.07) is 5.65. The van der Waals surface area contributed by atoms with Gasteiger partial charge in [-0.3, -0.25) is 4.79 Å². The number of aromatic nitrogens is 2. The summed E-state index contributed by atoms with van der Waals surface area (Å²) in [5.74, 6) is -1.01. The summed E-state index contributed by atoms with van der Waals surface area (Å²) in [4.78, 5) is 19.6. The topological polar surface area (TPSA) is 64.1 Å². The van der Waals surface area contributed by atoms with Gasteiger partial charge in [-0.1, -0.05) is 15.9 Å². The number of carbonyl (C=O) groups is 1. The van der Waals surface area contributed by atoms with Crippen molar-refractivity contribution in [3.05, 3.63) is 57.7 Å². The molecule has 25 heavy (non-hydrogen) atoms. The Bertz CT molecular complexity index is 943. The maximum absolute atomic E-state index is 14.0. The van der Waals surface area contributed by atoms with Gasteiger partial charge in [-0.05, 0) is 18.2 Å². The molecule has 0 saturated carbocycles. The van der Waals surface area contributed by atoms with Crippen LogP contribution < -0.4 is 10.1 Å². The minimum Gasteiger partial charge on any atom is -0.481 e. The molecule has 8 heteroatoms. The number of carbonyl (C=O) groups excluding carboxylic acids is 1. The van der Waals surface area contributed by atoms with Crippen LogP contribution in [0.5, 0.6) is 5.88 Å². The van der Waals surface area contributed by atoms with Gasteiger partial charge >= 0.3 is 0 Å². The van der Waals surface area contributed by atoms with E-state index in [1.165, 1.54) is 25.4 Å². The first-order chi connectivity index (χ1) is 12.0. The molecule has 5 nitrogen and oxygen atoms in total. The molecule has 0 spiro atoms. The van der Waals surface area contributed by atoms with Crippen molar-refractivity contribution in [2.45, 2.75) is 6.54 Å². The highest BCUT2D eigenvalue weighted by Crippen LogP contribution is 2.27. The minimum atomic E-state index is -0.690. The van der Waals surface area contributed by atoms with Crippen molar-refractivity contribution in [3.63, 3.8) is 0 Å². The van der Waals surface area contributed by atoms with Crippen LogP contribution in [0.1, 0.15) is 15.9 Å². The van der Waals surface area contributed by atoms with Gasteiger partial charge in [0.15, 0.2) is 11.9 Å². The smallest absolute Gasteiger partial charge is 0.215 e. The molecule has 0 bridgehead atoms. The Morgan fingerprint density at radius 2 is 2.00 bits per heavy atom.